The molecular formula is C29H32F3N5O2. The molecule has 0 radical (unpaired) electrons. The number of hydrogen-bond acceptors (Lipinski definition) is 5. The summed E-state index contributed by atoms with van der Waals surface area (Å²) in [5.41, 5.74) is -0.0355. The zero-order valence-electron chi connectivity index (χ0n) is 21.6. The third-order valence-corrected chi connectivity index (χ3v) is 7.57. The van der Waals surface area contributed by atoms with Crippen LogP contribution in [0.5, 0.6) is 0 Å². The van der Waals surface area contributed by atoms with Crippen LogP contribution in [-0.2, 0) is 11.0 Å². The highest BCUT2D eigenvalue weighted by molar-refractivity contribution is 5.96. The Morgan fingerprint density at radius 3 is 2.64 bits per heavy atom. The molecule has 2 aliphatic heterocycles. The highest BCUT2D eigenvalue weighted by atomic mass is 19.4. The standard InChI is InChI=1S/C29H32F3N5O2/c30-29(31,32)22-7-3-6-21(17-22)28(39)33-18-27(38)34-23-12-15-37(19-23)24-8-4-14-36(16-13-24)26-11-10-20-5-1-2-9-25(20)35-26/h1-3,5-7,9-11,17,23-24H,4,8,12-16,18-19H2,(H,33,39)(H,34,38)/t23?,24-/m1/s1. The molecule has 39 heavy (non-hydrogen) atoms. The van der Waals surface area contributed by atoms with Gasteiger partial charge in [-0.25, -0.2) is 4.98 Å². The van der Waals surface area contributed by atoms with Crippen molar-refractivity contribution >= 4 is 28.5 Å². The Labute approximate surface area is 225 Å². The first-order valence-corrected chi connectivity index (χ1v) is 13.4. The molecule has 0 spiro atoms. The van der Waals surface area contributed by atoms with Crippen molar-refractivity contribution in [2.24, 2.45) is 0 Å². The lowest BCUT2D eigenvalue weighted by Crippen LogP contribution is -2.44. The molecule has 206 valence electrons. The third-order valence-electron chi connectivity index (χ3n) is 7.57. The lowest BCUT2D eigenvalue weighted by atomic mass is 10.1. The van der Waals surface area contributed by atoms with Crippen LogP contribution < -0.4 is 15.5 Å². The number of fused-ring (bicyclic) bond motifs is 1. The average molecular weight is 540 g/mol. The Balaban J connectivity index is 1.08. The molecular weight excluding hydrogens is 507 g/mol. The van der Waals surface area contributed by atoms with Crippen molar-refractivity contribution in [3.63, 3.8) is 0 Å². The summed E-state index contributed by atoms with van der Waals surface area (Å²) in [4.78, 5) is 34.4. The van der Waals surface area contributed by atoms with E-state index in [1.165, 1.54) is 12.1 Å². The monoisotopic (exact) mass is 539 g/mol. The molecule has 7 nitrogen and oxygen atoms in total. The van der Waals surface area contributed by atoms with Crippen LogP contribution in [0.2, 0.25) is 0 Å². The molecule has 1 unspecified atom stereocenters. The minimum absolute atomic E-state index is 0.0236. The maximum absolute atomic E-state index is 12.9. The van der Waals surface area contributed by atoms with Crippen LogP contribution >= 0.6 is 0 Å². The van der Waals surface area contributed by atoms with Gasteiger partial charge in [0.05, 0.1) is 17.6 Å². The highest BCUT2D eigenvalue weighted by Gasteiger charge is 2.32. The summed E-state index contributed by atoms with van der Waals surface area (Å²) < 4.78 is 38.7. The van der Waals surface area contributed by atoms with Gasteiger partial charge in [-0.1, -0.05) is 24.3 Å². The van der Waals surface area contributed by atoms with E-state index < -0.39 is 17.6 Å². The molecule has 5 rings (SSSR count). The molecule has 2 fully saturated rings. The number of benzene rings is 2. The van der Waals surface area contributed by atoms with Crippen molar-refractivity contribution in [1.29, 1.82) is 0 Å². The quantitative estimate of drug-likeness (QED) is 0.490. The first-order chi connectivity index (χ1) is 18.8. The number of pyridine rings is 1. The van der Waals surface area contributed by atoms with Crippen LogP contribution in [0, 0.1) is 0 Å². The van der Waals surface area contributed by atoms with Gasteiger partial charge in [0.15, 0.2) is 0 Å². The first kappa shape index (κ1) is 26.9. The normalized spacial score (nSPS) is 20.5. The van der Waals surface area contributed by atoms with Gasteiger partial charge >= 0.3 is 6.18 Å². The SMILES string of the molecule is O=C(CNC(=O)c1cccc(C(F)(F)F)c1)NC1CCN([C@@H]2CCCN(c3ccc4ccccc4n3)CC2)C1. The molecule has 0 saturated carbocycles. The van der Waals surface area contributed by atoms with Crippen LogP contribution in [0.4, 0.5) is 19.0 Å². The Bertz CT molecular complexity index is 1330. The Morgan fingerprint density at radius 1 is 0.949 bits per heavy atom. The number of anilines is 1. The van der Waals surface area contributed by atoms with E-state index >= 15 is 0 Å². The van der Waals surface area contributed by atoms with Crippen molar-refractivity contribution in [2.75, 3.05) is 37.6 Å². The van der Waals surface area contributed by atoms with Gasteiger partial charge in [0.25, 0.3) is 5.91 Å². The van der Waals surface area contributed by atoms with Gasteiger partial charge in [-0.3, -0.25) is 14.5 Å². The number of hydrogen-bond donors (Lipinski definition) is 2. The minimum Gasteiger partial charge on any atom is -0.357 e. The number of rotatable bonds is 6. The van der Waals surface area contributed by atoms with Crippen molar-refractivity contribution in [2.45, 2.75) is 43.9 Å². The third kappa shape index (κ3) is 6.68. The zero-order chi connectivity index (χ0) is 27.4. The number of carbonyl (C=O) groups is 2. The van der Waals surface area contributed by atoms with E-state index in [0.717, 1.165) is 80.7 Å². The molecule has 2 saturated heterocycles. The summed E-state index contributed by atoms with van der Waals surface area (Å²) in [6.45, 7) is 3.22. The maximum Gasteiger partial charge on any atom is 0.416 e. The van der Waals surface area contributed by atoms with E-state index in [1.807, 2.05) is 18.2 Å². The highest BCUT2D eigenvalue weighted by Crippen LogP contribution is 2.29. The maximum atomic E-state index is 12.9. The molecule has 10 heteroatoms. The lowest BCUT2D eigenvalue weighted by molar-refractivity contribution is -0.137. The fourth-order valence-electron chi connectivity index (χ4n) is 5.52. The van der Waals surface area contributed by atoms with Crippen LogP contribution in [-0.4, -0.2) is 66.5 Å². The second kappa shape index (κ2) is 11.6. The molecule has 2 N–H and O–H groups in total. The van der Waals surface area contributed by atoms with E-state index in [4.69, 9.17) is 4.98 Å². The summed E-state index contributed by atoms with van der Waals surface area (Å²) in [5, 5.41) is 6.52. The van der Waals surface area contributed by atoms with Gasteiger partial charge in [0.1, 0.15) is 5.82 Å². The van der Waals surface area contributed by atoms with E-state index in [2.05, 4.69) is 38.6 Å². The van der Waals surface area contributed by atoms with E-state index in [0.29, 0.717) is 6.04 Å². The van der Waals surface area contributed by atoms with Crippen LogP contribution in [0.25, 0.3) is 10.9 Å². The van der Waals surface area contributed by atoms with Gasteiger partial charge in [-0.2, -0.15) is 13.2 Å². The summed E-state index contributed by atoms with van der Waals surface area (Å²) >= 11 is 0. The van der Waals surface area contributed by atoms with E-state index in [-0.39, 0.29) is 24.1 Å². The second-order valence-electron chi connectivity index (χ2n) is 10.2. The lowest BCUT2D eigenvalue weighted by Gasteiger charge is -2.27. The van der Waals surface area contributed by atoms with Gasteiger partial charge < -0.3 is 15.5 Å². The number of aromatic nitrogens is 1. The first-order valence-electron chi connectivity index (χ1n) is 13.4. The fourth-order valence-corrected chi connectivity index (χ4v) is 5.52. The fraction of sp³-hybridized carbons (Fsp3) is 0.414. The van der Waals surface area contributed by atoms with Crippen LogP contribution in [0.1, 0.15) is 41.6 Å². The molecule has 0 bridgehead atoms. The largest absolute Gasteiger partial charge is 0.416 e. The molecule has 3 heterocycles. The molecule has 2 aliphatic rings. The van der Waals surface area contributed by atoms with Gasteiger partial charge in [-0.05, 0) is 62.1 Å². The predicted octanol–water partition coefficient (Wildman–Crippen LogP) is 4.23. The Morgan fingerprint density at radius 2 is 1.79 bits per heavy atom. The summed E-state index contributed by atoms with van der Waals surface area (Å²) in [6, 6.07) is 16.9. The average Bonchev–Trinajstić information content (AvgIpc) is 3.25. The van der Waals surface area contributed by atoms with Crippen molar-refractivity contribution in [1.82, 2.24) is 20.5 Å². The number of carbonyl (C=O) groups excluding carboxylic acids is 2. The molecule has 2 amide bonds. The minimum atomic E-state index is -4.54. The Hall–Kier alpha value is -3.66. The van der Waals surface area contributed by atoms with Crippen molar-refractivity contribution < 1.29 is 22.8 Å². The number of likely N-dealkylation sites (tertiary alicyclic amines) is 1. The van der Waals surface area contributed by atoms with Crippen molar-refractivity contribution in [3.05, 3.63) is 71.8 Å². The number of halogens is 3. The molecule has 2 atom stereocenters. The number of amides is 2. The Kier molecular flexibility index (Phi) is 8.02. The number of nitrogens with zero attached hydrogens (tertiary/aromatic N) is 3. The van der Waals surface area contributed by atoms with Crippen LogP contribution in [0.15, 0.2) is 60.7 Å². The molecule has 1 aromatic heterocycles. The topological polar surface area (TPSA) is 77.6 Å². The molecule has 2 aromatic carbocycles. The summed E-state index contributed by atoms with van der Waals surface area (Å²) in [5.74, 6) is -0.0575. The number of alkyl halides is 3. The van der Waals surface area contributed by atoms with Gasteiger partial charge in [0.2, 0.25) is 5.91 Å². The second-order valence-corrected chi connectivity index (χ2v) is 10.2. The predicted molar refractivity (Wildman–Crippen MR) is 143 cm³/mol. The van der Waals surface area contributed by atoms with Gasteiger partial charge in [-0.15, -0.1) is 0 Å². The van der Waals surface area contributed by atoms with E-state index in [9.17, 15) is 22.8 Å². The van der Waals surface area contributed by atoms with Crippen molar-refractivity contribution in [3.8, 4) is 0 Å². The summed E-state index contributed by atoms with van der Waals surface area (Å²) in [6.07, 6.45) is -0.557. The number of para-hydroxylation sites is 1. The molecule has 0 aliphatic carbocycles. The zero-order valence-corrected chi connectivity index (χ0v) is 21.6. The van der Waals surface area contributed by atoms with Gasteiger partial charge in [0, 0.05) is 49.2 Å². The molecule has 3 aromatic rings. The van der Waals surface area contributed by atoms with Crippen LogP contribution in [0.3, 0.4) is 0 Å². The smallest absolute Gasteiger partial charge is 0.357 e. The number of nitrogens with one attached hydrogen (secondary N) is 2. The summed E-state index contributed by atoms with van der Waals surface area (Å²) in [7, 11) is 0. The van der Waals surface area contributed by atoms with E-state index in [1.54, 1.807) is 0 Å².